The van der Waals surface area contributed by atoms with Crippen molar-refractivity contribution in [2.75, 3.05) is 13.7 Å². The Morgan fingerprint density at radius 1 is 1.55 bits per heavy atom. The highest BCUT2D eigenvalue weighted by molar-refractivity contribution is 9.10. The number of nitrogens with one attached hydrogen (secondary N) is 1. The summed E-state index contributed by atoms with van der Waals surface area (Å²) in [5, 5.41) is 7.00. The third kappa shape index (κ3) is 3.98. The van der Waals surface area contributed by atoms with E-state index in [4.69, 9.17) is 16.3 Å². The van der Waals surface area contributed by atoms with Crippen LogP contribution in [0.3, 0.4) is 0 Å². The second-order valence-corrected chi connectivity index (χ2v) is 5.54. The van der Waals surface area contributed by atoms with E-state index in [9.17, 15) is 4.79 Å². The third-order valence-electron chi connectivity index (χ3n) is 2.65. The Hall–Kier alpha value is -1.53. The average Bonchev–Trinajstić information content (AvgIpc) is 2.90. The van der Waals surface area contributed by atoms with Crippen molar-refractivity contribution in [3.05, 3.63) is 45.7 Å². The van der Waals surface area contributed by atoms with Gasteiger partial charge in [0.1, 0.15) is 5.75 Å². The number of likely N-dealkylation sites (N-methyl/N-ethyl adjacent to an activating group) is 1. The molecule has 1 N–H and O–H groups in total. The van der Waals surface area contributed by atoms with Crippen molar-refractivity contribution < 1.29 is 9.53 Å². The average molecular weight is 359 g/mol. The molecule has 2 aromatic rings. The highest BCUT2D eigenvalue weighted by Crippen LogP contribution is 2.27. The fourth-order valence-electron chi connectivity index (χ4n) is 1.57. The zero-order valence-corrected chi connectivity index (χ0v) is 13.1. The lowest BCUT2D eigenvalue weighted by Crippen LogP contribution is -2.30. The summed E-state index contributed by atoms with van der Waals surface area (Å²) in [7, 11) is 1.71. The minimum absolute atomic E-state index is 0.0598. The number of amides is 1. The van der Waals surface area contributed by atoms with Gasteiger partial charge in [0.05, 0.1) is 11.2 Å². The van der Waals surface area contributed by atoms with E-state index in [-0.39, 0.29) is 12.5 Å². The van der Waals surface area contributed by atoms with Crippen molar-refractivity contribution in [1.82, 2.24) is 15.1 Å². The summed E-state index contributed by atoms with van der Waals surface area (Å²) in [6, 6.07) is 5.24. The summed E-state index contributed by atoms with van der Waals surface area (Å²) in [5.41, 5.74) is 0.933. The van der Waals surface area contributed by atoms with Crippen LogP contribution < -0.4 is 4.74 Å². The number of nitrogens with zero attached hydrogens (tertiary/aromatic N) is 2. The van der Waals surface area contributed by atoms with Gasteiger partial charge >= 0.3 is 0 Å². The number of hydrogen-bond donors (Lipinski definition) is 1. The second-order valence-electron chi connectivity index (χ2n) is 4.22. The molecule has 0 saturated carbocycles. The Labute approximate surface area is 130 Å². The number of rotatable bonds is 5. The molecule has 2 rings (SSSR count). The summed E-state index contributed by atoms with van der Waals surface area (Å²) in [5.74, 6) is 0.352. The molecule has 0 bridgehead atoms. The third-order valence-corrected chi connectivity index (χ3v) is 3.43. The SMILES string of the molecule is CN(Cc1cn[nH]c1)C(=O)COc1ccc(Br)cc1Cl. The molecule has 1 amide bonds. The number of halogens is 2. The number of carbonyl (C=O) groups excluding carboxylic acids is 1. The number of ether oxygens (including phenoxy) is 1. The second kappa shape index (κ2) is 6.76. The summed E-state index contributed by atoms with van der Waals surface area (Å²) in [6.45, 7) is 0.419. The van der Waals surface area contributed by atoms with Gasteiger partial charge in [-0.15, -0.1) is 0 Å². The van der Waals surface area contributed by atoms with Gasteiger partial charge in [0, 0.05) is 29.8 Å². The molecule has 7 heteroatoms. The Morgan fingerprint density at radius 2 is 2.35 bits per heavy atom. The predicted octanol–water partition coefficient (Wildman–Crippen LogP) is 2.86. The smallest absolute Gasteiger partial charge is 0.260 e. The maximum Gasteiger partial charge on any atom is 0.260 e. The number of aromatic nitrogens is 2. The van der Waals surface area contributed by atoms with Crippen LogP contribution in [-0.2, 0) is 11.3 Å². The molecule has 5 nitrogen and oxygen atoms in total. The van der Waals surface area contributed by atoms with Gasteiger partial charge in [0.25, 0.3) is 5.91 Å². The Balaban J connectivity index is 1.88. The van der Waals surface area contributed by atoms with Crippen molar-refractivity contribution in [3.8, 4) is 5.75 Å². The molecule has 106 valence electrons. The number of H-pyrrole nitrogens is 1. The molecule has 0 aliphatic rings. The normalized spacial score (nSPS) is 10.3. The van der Waals surface area contributed by atoms with E-state index in [1.54, 1.807) is 42.5 Å². The topological polar surface area (TPSA) is 58.2 Å². The van der Waals surface area contributed by atoms with Crippen LogP contribution in [0.1, 0.15) is 5.56 Å². The van der Waals surface area contributed by atoms with Crippen LogP contribution in [0, 0.1) is 0 Å². The molecule has 1 aromatic carbocycles. The lowest BCUT2D eigenvalue weighted by molar-refractivity contribution is -0.132. The van der Waals surface area contributed by atoms with E-state index < -0.39 is 0 Å². The summed E-state index contributed by atoms with van der Waals surface area (Å²) in [4.78, 5) is 13.5. The zero-order valence-electron chi connectivity index (χ0n) is 10.8. The number of benzene rings is 1. The van der Waals surface area contributed by atoms with Gasteiger partial charge in [0.2, 0.25) is 0 Å². The summed E-state index contributed by atoms with van der Waals surface area (Å²) in [6.07, 6.45) is 3.42. The first-order chi connectivity index (χ1) is 9.56. The van der Waals surface area contributed by atoms with E-state index in [0.717, 1.165) is 10.0 Å². The number of carbonyl (C=O) groups is 1. The fourth-order valence-corrected chi connectivity index (χ4v) is 2.30. The number of hydrogen-bond acceptors (Lipinski definition) is 3. The van der Waals surface area contributed by atoms with Crippen molar-refractivity contribution in [1.29, 1.82) is 0 Å². The molecule has 1 heterocycles. The quantitative estimate of drug-likeness (QED) is 0.894. The van der Waals surface area contributed by atoms with Crippen molar-refractivity contribution in [2.24, 2.45) is 0 Å². The molecule has 0 aliphatic carbocycles. The largest absolute Gasteiger partial charge is 0.482 e. The van der Waals surface area contributed by atoms with Gasteiger partial charge in [-0.2, -0.15) is 5.10 Å². The van der Waals surface area contributed by atoms with Gasteiger partial charge in [-0.1, -0.05) is 27.5 Å². The zero-order chi connectivity index (χ0) is 14.5. The fraction of sp³-hybridized carbons (Fsp3) is 0.231. The molecular weight excluding hydrogens is 346 g/mol. The monoisotopic (exact) mass is 357 g/mol. The minimum Gasteiger partial charge on any atom is -0.482 e. The lowest BCUT2D eigenvalue weighted by Gasteiger charge is -2.16. The minimum atomic E-state index is -0.134. The van der Waals surface area contributed by atoms with Crippen LogP contribution in [0.2, 0.25) is 5.02 Å². The van der Waals surface area contributed by atoms with E-state index >= 15 is 0 Å². The first-order valence-electron chi connectivity index (χ1n) is 5.85. The molecule has 0 spiro atoms. The first kappa shape index (κ1) is 14.9. The van der Waals surface area contributed by atoms with Crippen LogP contribution >= 0.6 is 27.5 Å². The first-order valence-corrected chi connectivity index (χ1v) is 7.03. The highest BCUT2D eigenvalue weighted by Gasteiger charge is 2.12. The van der Waals surface area contributed by atoms with Crippen LogP contribution in [-0.4, -0.2) is 34.7 Å². The van der Waals surface area contributed by atoms with E-state index in [1.165, 1.54) is 0 Å². The molecule has 20 heavy (non-hydrogen) atoms. The van der Waals surface area contributed by atoms with Crippen LogP contribution in [0.4, 0.5) is 0 Å². The molecule has 0 atom stereocenters. The Bertz CT molecular complexity index is 589. The molecule has 0 saturated heterocycles. The van der Waals surface area contributed by atoms with E-state index in [0.29, 0.717) is 17.3 Å². The molecule has 0 fully saturated rings. The Kier molecular flexibility index (Phi) is 5.03. The van der Waals surface area contributed by atoms with Gasteiger partial charge in [-0.05, 0) is 18.2 Å². The molecule has 0 aliphatic heterocycles. The van der Waals surface area contributed by atoms with E-state index in [1.807, 2.05) is 0 Å². The van der Waals surface area contributed by atoms with Crippen molar-refractivity contribution in [3.63, 3.8) is 0 Å². The van der Waals surface area contributed by atoms with Gasteiger partial charge in [-0.3, -0.25) is 9.89 Å². The summed E-state index contributed by atoms with van der Waals surface area (Å²) >= 11 is 9.32. The molecule has 1 aromatic heterocycles. The standard InChI is InChI=1S/C13H13BrClN3O2/c1-18(7-9-5-16-17-6-9)13(19)8-20-12-3-2-10(14)4-11(12)15/h2-6H,7-8H2,1H3,(H,16,17). The number of aromatic amines is 1. The molecular formula is C13H13BrClN3O2. The van der Waals surface area contributed by atoms with Crippen molar-refractivity contribution in [2.45, 2.75) is 6.54 Å². The molecule has 0 radical (unpaired) electrons. The van der Waals surface area contributed by atoms with Crippen LogP contribution in [0.5, 0.6) is 5.75 Å². The van der Waals surface area contributed by atoms with E-state index in [2.05, 4.69) is 26.1 Å². The maximum absolute atomic E-state index is 11.9. The van der Waals surface area contributed by atoms with Crippen molar-refractivity contribution >= 4 is 33.4 Å². The van der Waals surface area contributed by atoms with Gasteiger partial charge in [0.15, 0.2) is 6.61 Å². The highest BCUT2D eigenvalue weighted by atomic mass is 79.9. The van der Waals surface area contributed by atoms with Crippen LogP contribution in [0.15, 0.2) is 35.1 Å². The maximum atomic E-state index is 11.9. The Morgan fingerprint density at radius 3 is 3.00 bits per heavy atom. The predicted molar refractivity (Wildman–Crippen MR) is 79.7 cm³/mol. The van der Waals surface area contributed by atoms with Crippen LogP contribution in [0.25, 0.3) is 0 Å². The van der Waals surface area contributed by atoms with Gasteiger partial charge in [-0.25, -0.2) is 0 Å². The summed E-state index contributed by atoms with van der Waals surface area (Å²) < 4.78 is 6.29. The lowest BCUT2D eigenvalue weighted by atomic mass is 10.3. The van der Waals surface area contributed by atoms with Gasteiger partial charge < -0.3 is 9.64 Å². The molecule has 0 unspecified atom stereocenters.